The van der Waals surface area contributed by atoms with E-state index in [2.05, 4.69) is 10.3 Å². The van der Waals surface area contributed by atoms with Crippen LogP contribution in [-0.2, 0) is 45.5 Å². The van der Waals surface area contributed by atoms with E-state index in [-0.39, 0.29) is 34.5 Å². The van der Waals surface area contributed by atoms with E-state index in [0.29, 0.717) is 30.5 Å². The van der Waals surface area contributed by atoms with E-state index >= 15 is 0 Å². The van der Waals surface area contributed by atoms with Gasteiger partial charge >= 0.3 is 5.69 Å². The zero-order valence-electron chi connectivity index (χ0n) is 23.5. The van der Waals surface area contributed by atoms with Crippen LogP contribution in [0.4, 0.5) is 5.69 Å². The first-order valence-corrected chi connectivity index (χ1v) is 14.6. The molecule has 2 aromatic heterocycles. The van der Waals surface area contributed by atoms with Crippen LogP contribution < -0.4 is 16.6 Å². The third kappa shape index (κ3) is 5.01. The normalized spacial score (nSPS) is 17.6. The Kier molecular flexibility index (Phi) is 7.58. The first-order chi connectivity index (χ1) is 20.6. The Hall–Kier alpha value is -4.05. The van der Waals surface area contributed by atoms with Gasteiger partial charge in [0.25, 0.3) is 5.56 Å². The lowest BCUT2D eigenvalue weighted by Crippen LogP contribution is -2.44. The van der Waals surface area contributed by atoms with Gasteiger partial charge in [-0.25, -0.2) is 4.79 Å². The number of rotatable bonds is 7. The molecule has 0 saturated heterocycles. The summed E-state index contributed by atoms with van der Waals surface area (Å²) in [6, 6.07) is 13.7. The smallest absolute Gasteiger partial charge is 0.331 e. The van der Waals surface area contributed by atoms with Crippen molar-refractivity contribution in [3.8, 4) is 11.1 Å². The maximum Gasteiger partial charge on any atom is 0.331 e. The van der Waals surface area contributed by atoms with Crippen molar-refractivity contribution in [2.75, 3.05) is 19.0 Å². The summed E-state index contributed by atoms with van der Waals surface area (Å²) in [7, 11) is 1.47. The van der Waals surface area contributed by atoms with E-state index in [1.54, 1.807) is 37.4 Å². The van der Waals surface area contributed by atoms with Crippen LogP contribution in [0.25, 0.3) is 11.1 Å². The van der Waals surface area contributed by atoms with E-state index in [1.807, 2.05) is 24.3 Å². The third-order valence-corrected chi connectivity index (χ3v) is 9.15. The van der Waals surface area contributed by atoms with Crippen molar-refractivity contribution in [1.82, 2.24) is 14.1 Å². The molecule has 6 rings (SSSR count). The lowest BCUT2D eigenvalue weighted by atomic mass is 9.78. The molecule has 0 saturated carbocycles. The number of ketones is 1. The Morgan fingerprint density at radius 3 is 2.65 bits per heavy atom. The lowest BCUT2D eigenvalue weighted by Gasteiger charge is -2.22. The average Bonchev–Trinajstić information content (AvgIpc) is 3.49. The molecule has 0 aliphatic heterocycles. The fourth-order valence-corrected chi connectivity index (χ4v) is 6.72. The fourth-order valence-electron chi connectivity index (χ4n) is 6.32. The van der Waals surface area contributed by atoms with Crippen molar-refractivity contribution in [3.05, 3.63) is 114 Å². The molecule has 11 heteroatoms. The van der Waals surface area contributed by atoms with Crippen LogP contribution in [0, 0.1) is 0 Å². The van der Waals surface area contributed by atoms with Crippen molar-refractivity contribution in [3.63, 3.8) is 0 Å². The van der Waals surface area contributed by atoms with Crippen LogP contribution in [0.15, 0.2) is 70.5 Å². The van der Waals surface area contributed by atoms with Gasteiger partial charge in [-0.2, -0.15) is 0 Å². The molecule has 1 N–H and O–H groups in total. The average molecular weight is 620 g/mol. The number of hydrogen-bond donors (Lipinski definition) is 1. The van der Waals surface area contributed by atoms with Crippen LogP contribution in [0.5, 0.6) is 0 Å². The number of aromatic nitrogens is 3. The van der Waals surface area contributed by atoms with Crippen LogP contribution >= 0.6 is 23.2 Å². The van der Waals surface area contributed by atoms with E-state index in [1.165, 1.54) is 17.9 Å². The number of halogens is 2. The monoisotopic (exact) mass is 618 g/mol. The molecule has 2 heterocycles. The zero-order valence-corrected chi connectivity index (χ0v) is 25.0. The molecule has 2 aliphatic carbocycles. The minimum Gasteiger partial charge on any atom is -0.383 e. The second kappa shape index (κ2) is 11.2. The van der Waals surface area contributed by atoms with Gasteiger partial charge in [-0.1, -0.05) is 47.5 Å². The summed E-state index contributed by atoms with van der Waals surface area (Å²) < 4.78 is 7.43. The molecule has 0 fully saturated rings. The molecule has 220 valence electrons. The van der Waals surface area contributed by atoms with Crippen LogP contribution in [-0.4, -0.2) is 39.5 Å². The molecule has 0 bridgehead atoms. The van der Waals surface area contributed by atoms with Gasteiger partial charge in [0.15, 0.2) is 0 Å². The van der Waals surface area contributed by atoms with Gasteiger partial charge in [0.2, 0.25) is 5.91 Å². The summed E-state index contributed by atoms with van der Waals surface area (Å²) in [6.45, 7) is 1.43. The summed E-state index contributed by atoms with van der Waals surface area (Å²) in [5.74, 6) is -0.301. The number of anilines is 1. The number of amides is 1. The lowest BCUT2D eigenvalue weighted by molar-refractivity contribution is -0.122. The summed E-state index contributed by atoms with van der Waals surface area (Å²) in [5, 5.41) is 3.29. The summed E-state index contributed by atoms with van der Waals surface area (Å²) >= 11 is 12.6. The highest BCUT2D eigenvalue weighted by molar-refractivity contribution is 6.43. The number of benzene rings is 2. The van der Waals surface area contributed by atoms with E-state index in [0.717, 1.165) is 27.0 Å². The van der Waals surface area contributed by atoms with E-state index in [4.69, 9.17) is 27.9 Å². The molecule has 1 amide bonds. The molecular formula is C32H28Cl2N4O5. The number of fused-ring (bicyclic) bond motifs is 3. The second-order valence-corrected chi connectivity index (χ2v) is 11.9. The van der Waals surface area contributed by atoms with Crippen LogP contribution in [0.1, 0.15) is 35.3 Å². The summed E-state index contributed by atoms with van der Waals surface area (Å²) in [6.07, 6.45) is 4.51. The number of hydrogen-bond acceptors (Lipinski definition) is 6. The van der Waals surface area contributed by atoms with Crippen molar-refractivity contribution < 1.29 is 14.3 Å². The molecule has 0 unspecified atom stereocenters. The number of methoxy groups -OCH3 is 1. The highest BCUT2D eigenvalue weighted by Crippen LogP contribution is 2.46. The Balaban J connectivity index is 1.29. The Bertz CT molecular complexity index is 1920. The molecule has 0 radical (unpaired) electrons. The van der Waals surface area contributed by atoms with E-state index < -0.39 is 28.6 Å². The maximum atomic E-state index is 13.5. The molecule has 43 heavy (non-hydrogen) atoms. The third-order valence-electron chi connectivity index (χ3n) is 8.33. The zero-order chi connectivity index (χ0) is 30.5. The Morgan fingerprint density at radius 1 is 1.07 bits per heavy atom. The summed E-state index contributed by atoms with van der Waals surface area (Å²) in [4.78, 5) is 57.8. The fraction of sp³-hybridized carbons (Fsp3) is 0.281. The predicted octanol–water partition coefficient (Wildman–Crippen LogP) is 4.39. The number of carbonyl (C=O) groups excluding carboxylic acids is 2. The number of carbonyl (C=O) groups is 2. The molecule has 4 aromatic rings. The first kappa shape index (κ1) is 29.0. The van der Waals surface area contributed by atoms with Crippen molar-refractivity contribution >= 4 is 40.6 Å². The molecule has 9 nitrogen and oxygen atoms in total. The van der Waals surface area contributed by atoms with Crippen molar-refractivity contribution in [2.45, 2.75) is 44.2 Å². The van der Waals surface area contributed by atoms with Gasteiger partial charge in [0.05, 0.1) is 39.4 Å². The minimum atomic E-state index is -0.658. The largest absolute Gasteiger partial charge is 0.383 e. The van der Waals surface area contributed by atoms with Gasteiger partial charge in [0.1, 0.15) is 12.3 Å². The van der Waals surface area contributed by atoms with Gasteiger partial charge < -0.3 is 10.1 Å². The number of pyridine rings is 1. The number of ether oxygens (including phenoxy) is 1. The maximum absolute atomic E-state index is 13.5. The predicted molar refractivity (Wildman–Crippen MR) is 164 cm³/mol. The van der Waals surface area contributed by atoms with Crippen molar-refractivity contribution in [2.24, 2.45) is 0 Å². The first-order valence-electron chi connectivity index (χ1n) is 13.8. The molecule has 2 aliphatic rings. The van der Waals surface area contributed by atoms with Crippen molar-refractivity contribution in [1.29, 1.82) is 0 Å². The number of nitrogens with one attached hydrogen (secondary N) is 1. The number of Topliss-reactive ketones (excluding diaryl/α,β-unsaturated/α-hetero) is 1. The quantitative estimate of drug-likeness (QED) is 0.329. The van der Waals surface area contributed by atoms with Gasteiger partial charge in [-0.15, -0.1) is 0 Å². The topological polar surface area (TPSA) is 112 Å². The minimum absolute atomic E-state index is 0.105. The summed E-state index contributed by atoms with van der Waals surface area (Å²) in [5.41, 5.74) is 3.03. The SMILES string of the molecule is COC[C@H](C)n1c(=O)c(-c2cccc(Cl)c2Cl)cn(CC(=O)Nc2ccc3c(c2)C[C@@]2(C3)C(=O)Cc3ncccc32)c1=O. The Morgan fingerprint density at radius 2 is 1.86 bits per heavy atom. The number of nitrogens with zero attached hydrogens (tertiary/aromatic N) is 3. The highest BCUT2D eigenvalue weighted by atomic mass is 35.5. The standard InChI is InChI=1S/C32H28Cl2N4O5/c1-18(17-43-2)38-30(41)23(22-5-3-7-25(33)29(22)34)15-37(31(38)42)16-28(40)36-21-9-8-19-13-32(14-20(19)11-21)24-6-4-10-35-26(24)12-27(32)39/h3-11,15,18H,12-14,16-17H2,1-2H3,(H,36,40)/t18-,32+/m0/s1. The van der Waals surface area contributed by atoms with E-state index in [9.17, 15) is 19.2 Å². The van der Waals surface area contributed by atoms with Crippen LogP contribution in [0.3, 0.4) is 0 Å². The van der Waals surface area contributed by atoms with Gasteiger partial charge in [0, 0.05) is 37.2 Å². The Labute approximate surface area is 257 Å². The second-order valence-electron chi connectivity index (χ2n) is 11.1. The molecular weight excluding hydrogens is 591 g/mol. The molecule has 2 aromatic carbocycles. The van der Waals surface area contributed by atoms with Crippen LogP contribution in [0.2, 0.25) is 10.0 Å². The molecule has 2 atom stereocenters. The van der Waals surface area contributed by atoms with Gasteiger partial charge in [-0.05, 0) is 60.7 Å². The molecule has 1 spiro atoms. The highest BCUT2D eigenvalue weighted by Gasteiger charge is 2.50. The van der Waals surface area contributed by atoms with Gasteiger partial charge in [-0.3, -0.25) is 28.5 Å².